The van der Waals surface area contributed by atoms with Crippen molar-refractivity contribution >= 4 is 17.7 Å². The SMILES string of the molecule is CCC1CCCN1c1c(F)cc(C=CC(=O)O)cc1F. The van der Waals surface area contributed by atoms with Crippen LogP contribution in [0.3, 0.4) is 0 Å². The molecule has 1 N–H and O–H groups in total. The van der Waals surface area contributed by atoms with E-state index in [0.717, 1.165) is 25.3 Å². The van der Waals surface area contributed by atoms with E-state index in [-0.39, 0.29) is 17.3 Å². The molecule has 1 heterocycles. The second-order valence-corrected chi connectivity index (χ2v) is 4.90. The van der Waals surface area contributed by atoms with Gasteiger partial charge >= 0.3 is 5.97 Å². The van der Waals surface area contributed by atoms with E-state index >= 15 is 0 Å². The number of rotatable bonds is 4. The summed E-state index contributed by atoms with van der Waals surface area (Å²) in [4.78, 5) is 12.2. The highest BCUT2D eigenvalue weighted by molar-refractivity contribution is 5.85. The number of hydrogen-bond donors (Lipinski definition) is 1. The lowest BCUT2D eigenvalue weighted by atomic mass is 10.1. The van der Waals surface area contributed by atoms with Gasteiger partial charge in [-0.3, -0.25) is 0 Å². The van der Waals surface area contributed by atoms with Crippen LogP contribution in [0.1, 0.15) is 31.7 Å². The summed E-state index contributed by atoms with van der Waals surface area (Å²) < 4.78 is 28.3. The highest BCUT2D eigenvalue weighted by Gasteiger charge is 2.27. The van der Waals surface area contributed by atoms with Crippen LogP contribution in [-0.4, -0.2) is 23.7 Å². The minimum Gasteiger partial charge on any atom is -0.478 e. The topological polar surface area (TPSA) is 40.5 Å². The van der Waals surface area contributed by atoms with Crippen molar-refractivity contribution in [3.8, 4) is 0 Å². The Kier molecular flexibility index (Phi) is 4.37. The zero-order chi connectivity index (χ0) is 14.7. The number of anilines is 1. The first kappa shape index (κ1) is 14.5. The molecule has 1 aromatic rings. The lowest BCUT2D eigenvalue weighted by Crippen LogP contribution is -2.30. The summed E-state index contributed by atoms with van der Waals surface area (Å²) >= 11 is 0. The van der Waals surface area contributed by atoms with Crippen LogP contribution < -0.4 is 4.90 Å². The van der Waals surface area contributed by atoms with Crippen molar-refractivity contribution < 1.29 is 18.7 Å². The molecule has 108 valence electrons. The molecule has 1 aromatic carbocycles. The van der Waals surface area contributed by atoms with Gasteiger partial charge in [0.2, 0.25) is 0 Å². The molecule has 1 aliphatic rings. The minimum absolute atomic E-state index is 0.00169. The van der Waals surface area contributed by atoms with Gasteiger partial charge in [-0.1, -0.05) is 6.92 Å². The molecule has 2 rings (SSSR count). The Morgan fingerprint density at radius 1 is 1.45 bits per heavy atom. The van der Waals surface area contributed by atoms with Gasteiger partial charge in [-0.15, -0.1) is 0 Å². The number of carboxylic acids is 1. The van der Waals surface area contributed by atoms with E-state index in [1.54, 1.807) is 4.90 Å². The zero-order valence-electron chi connectivity index (χ0n) is 11.3. The quantitative estimate of drug-likeness (QED) is 0.859. The van der Waals surface area contributed by atoms with Gasteiger partial charge < -0.3 is 10.0 Å². The molecule has 0 radical (unpaired) electrons. The maximum Gasteiger partial charge on any atom is 0.328 e. The van der Waals surface area contributed by atoms with Crippen LogP contribution in [0.5, 0.6) is 0 Å². The average Bonchev–Trinajstić information content (AvgIpc) is 2.83. The molecule has 0 bridgehead atoms. The molecule has 0 saturated carbocycles. The molecule has 0 aromatic heterocycles. The number of benzene rings is 1. The normalized spacial score (nSPS) is 18.9. The third-order valence-corrected chi connectivity index (χ3v) is 3.59. The van der Waals surface area contributed by atoms with E-state index in [1.165, 1.54) is 18.2 Å². The third-order valence-electron chi connectivity index (χ3n) is 3.59. The molecule has 1 saturated heterocycles. The van der Waals surface area contributed by atoms with Crippen LogP contribution in [0, 0.1) is 11.6 Å². The average molecular weight is 281 g/mol. The number of hydrogen-bond acceptors (Lipinski definition) is 2. The third kappa shape index (κ3) is 2.98. The number of halogens is 2. The highest BCUT2D eigenvalue weighted by Crippen LogP contribution is 2.32. The van der Waals surface area contributed by atoms with E-state index in [9.17, 15) is 13.6 Å². The molecule has 1 fully saturated rings. The Balaban J connectivity index is 2.34. The Labute approximate surface area is 116 Å². The van der Waals surface area contributed by atoms with Gasteiger partial charge in [0.05, 0.1) is 0 Å². The Bertz CT molecular complexity index is 520. The van der Waals surface area contributed by atoms with E-state index < -0.39 is 17.6 Å². The van der Waals surface area contributed by atoms with Gasteiger partial charge in [0.15, 0.2) is 0 Å². The summed E-state index contributed by atoms with van der Waals surface area (Å²) in [6, 6.07) is 2.51. The van der Waals surface area contributed by atoms with E-state index in [1.807, 2.05) is 6.92 Å². The molecule has 1 atom stereocenters. The predicted octanol–water partition coefficient (Wildman–Crippen LogP) is 3.44. The maximum absolute atomic E-state index is 14.1. The largest absolute Gasteiger partial charge is 0.478 e. The molecule has 1 aliphatic heterocycles. The number of aliphatic carboxylic acids is 1. The summed E-state index contributed by atoms with van der Waals surface area (Å²) in [6.45, 7) is 2.65. The zero-order valence-corrected chi connectivity index (χ0v) is 11.3. The monoisotopic (exact) mass is 281 g/mol. The predicted molar refractivity (Wildman–Crippen MR) is 73.7 cm³/mol. The molecule has 0 amide bonds. The maximum atomic E-state index is 14.1. The molecule has 1 unspecified atom stereocenters. The number of nitrogens with zero attached hydrogens (tertiary/aromatic N) is 1. The first-order chi connectivity index (χ1) is 9.52. The first-order valence-electron chi connectivity index (χ1n) is 6.69. The van der Waals surface area contributed by atoms with Crippen molar-refractivity contribution in [3.05, 3.63) is 35.4 Å². The molecule has 5 heteroatoms. The molecule has 0 spiro atoms. The molecule has 20 heavy (non-hydrogen) atoms. The summed E-state index contributed by atoms with van der Waals surface area (Å²) in [6.07, 6.45) is 4.76. The van der Waals surface area contributed by atoms with Crippen LogP contribution >= 0.6 is 0 Å². The highest BCUT2D eigenvalue weighted by atomic mass is 19.1. The van der Waals surface area contributed by atoms with Crippen LogP contribution in [0.15, 0.2) is 18.2 Å². The van der Waals surface area contributed by atoms with Crippen molar-refractivity contribution in [2.24, 2.45) is 0 Å². The van der Waals surface area contributed by atoms with Gasteiger partial charge in [-0.2, -0.15) is 0 Å². The Morgan fingerprint density at radius 2 is 2.10 bits per heavy atom. The minimum atomic E-state index is -1.15. The summed E-state index contributed by atoms with van der Waals surface area (Å²) in [5.74, 6) is -2.44. The van der Waals surface area contributed by atoms with Crippen LogP contribution in [-0.2, 0) is 4.79 Å². The van der Waals surface area contributed by atoms with Crippen LogP contribution in [0.4, 0.5) is 14.5 Å². The number of carboxylic acid groups (broad SMARTS) is 1. The second-order valence-electron chi connectivity index (χ2n) is 4.90. The van der Waals surface area contributed by atoms with Crippen molar-refractivity contribution in [2.75, 3.05) is 11.4 Å². The number of carbonyl (C=O) groups is 1. The van der Waals surface area contributed by atoms with Gasteiger partial charge in [-0.25, -0.2) is 13.6 Å². The molecular weight excluding hydrogens is 264 g/mol. The lowest BCUT2D eigenvalue weighted by Gasteiger charge is -2.26. The van der Waals surface area contributed by atoms with E-state index in [2.05, 4.69) is 0 Å². The fourth-order valence-corrected chi connectivity index (χ4v) is 2.68. The second kappa shape index (κ2) is 6.03. The summed E-state index contributed by atoms with van der Waals surface area (Å²) in [5.41, 5.74) is 0.209. The lowest BCUT2D eigenvalue weighted by molar-refractivity contribution is -0.131. The standard InChI is InChI=1S/C15H17F2NO2/c1-2-11-4-3-7-18(11)15-12(16)8-10(9-13(15)17)5-6-14(19)20/h5-6,8-9,11H,2-4,7H2,1H3,(H,19,20). The van der Waals surface area contributed by atoms with Crippen molar-refractivity contribution in [2.45, 2.75) is 32.2 Å². The van der Waals surface area contributed by atoms with Crippen molar-refractivity contribution in [1.82, 2.24) is 0 Å². The van der Waals surface area contributed by atoms with Gasteiger partial charge in [0.25, 0.3) is 0 Å². The van der Waals surface area contributed by atoms with E-state index in [4.69, 9.17) is 5.11 Å². The molecule has 0 aliphatic carbocycles. The fourth-order valence-electron chi connectivity index (χ4n) is 2.68. The Hall–Kier alpha value is -1.91. The summed E-state index contributed by atoms with van der Waals surface area (Å²) in [5, 5.41) is 8.52. The van der Waals surface area contributed by atoms with Gasteiger partial charge in [-0.05, 0) is 43.0 Å². The smallest absolute Gasteiger partial charge is 0.328 e. The van der Waals surface area contributed by atoms with Gasteiger partial charge in [0, 0.05) is 18.7 Å². The Morgan fingerprint density at radius 3 is 2.65 bits per heavy atom. The molecular formula is C15H17F2NO2. The molecule has 3 nitrogen and oxygen atoms in total. The van der Waals surface area contributed by atoms with Crippen LogP contribution in [0.25, 0.3) is 6.08 Å². The fraction of sp³-hybridized carbons (Fsp3) is 0.400. The summed E-state index contributed by atoms with van der Waals surface area (Å²) in [7, 11) is 0. The first-order valence-corrected chi connectivity index (χ1v) is 6.69. The van der Waals surface area contributed by atoms with Crippen LogP contribution in [0.2, 0.25) is 0 Å². The van der Waals surface area contributed by atoms with Crippen molar-refractivity contribution in [3.63, 3.8) is 0 Å². The van der Waals surface area contributed by atoms with Crippen molar-refractivity contribution in [1.29, 1.82) is 0 Å². The van der Waals surface area contributed by atoms with E-state index in [0.29, 0.717) is 6.54 Å². The van der Waals surface area contributed by atoms with Gasteiger partial charge in [0.1, 0.15) is 17.3 Å².